The fourth-order valence-electron chi connectivity index (χ4n) is 12.2. The summed E-state index contributed by atoms with van der Waals surface area (Å²) in [7, 11) is 1.49. The Morgan fingerprint density at radius 1 is 0.650 bits per heavy atom. The van der Waals surface area contributed by atoms with Crippen molar-refractivity contribution in [1.82, 2.24) is 67.4 Å². The fourth-order valence-corrected chi connectivity index (χ4v) is 13.9. The van der Waals surface area contributed by atoms with Crippen molar-refractivity contribution in [3.05, 3.63) is 155 Å². The Hall–Kier alpha value is -9.81. The molecule has 4 aromatic carbocycles. The van der Waals surface area contributed by atoms with Crippen LogP contribution < -0.4 is 47.3 Å². The van der Waals surface area contributed by atoms with Gasteiger partial charge in [0.1, 0.15) is 65.2 Å². The van der Waals surface area contributed by atoms with Gasteiger partial charge in [0, 0.05) is 121 Å². The van der Waals surface area contributed by atoms with Crippen LogP contribution >= 0.6 is 23.5 Å². The molecule has 2 aliphatic heterocycles. The molecule has 13 N–H and O–H groups in total. The van der Waals surface area contributed by atoms with E-state index in [1.54, 1.807) is 43.0 Å². The van der Waals surface area contributed by atoms with Crippen LogP contribution in [0.1, 0.15) is 92.3 Å². The number of nitrogens with one attached hydrogen (secondary N) is 11. The number of carboxylic acids is 1. The molecule has 1 fully saturated rings. The minimum atomic E-state index is -2.01. The van der Waals surface area contributed by atoms with Gasteiger partial charge in [-0.3, -0.25) is 47.9 Å². The number of fused-ring (bicyclic) bond motifs is 5. The summed E-state index contributed by atoms with van der Waals surface area (Å²) in [5.74, 6) is -7.76. The van der Waals surface area contributed by atoms with Crippen LogP contribution in [0.5, 0.6) is 5.75 Å². The SMILES string of the molecule is COc1ccc(C[C@@H]2NC(=O)[C@H](Cc3cnc[nH]3)NC(=O)[C@H](CC(=O)O)NC(=O)[C@H](Cc3c[nH]c4ccc(F)cc34)NC(=O)[C@H](Cc3c[nH]c4ccc(F)cc34)NC(=O)[C@@H](C)NC(=O)[C@H](CCCCO)NC(=O)CCSCc3cccc(c3)CSCCNC(=O)[C@]3(C)CCCN3C2=O)cc1. The Kier molecular flexibility index (Phi) is 26.3. The molecule has 30 heteroatoms. The summed E-state index contributed by atoms with van der Waals surface area (Å²) in [5, 5.41) is 42.2. The lowest BCUT2D eigenvalue weighted by molar-refractivity contribution is -0.146. The highest BCUT2D eigenvalue weighted by molar-refractivity contribution is 7.98. The number of carbonyl (C=O) groups is 10. The van der Waals surface area contributed by atoms with Gasteiger partial charge >= 0.3 is 5.97 Å². The number of halogens is 2. The zero-order valence-electron chi connectivity index (χ0n) is 55.5. The third-order valence-electron chi connectivity index (χ3n) is 17.6. The van der Waals surface area contributed by atoms with E-state index in [2.05, 4.69) is 68.5 Å². The van der Waals surface area contributed by atoms with Crippen molar-refractivity contribution in [2.45, 2.75) is 144 Å². The Morgan fingerprint density at radius 2 is 1.22 bits per heavy atom. The molecule has 0 saturated carbocycles. The van der Waals surface area contributed by atoms with E-state index < -0.39 is 131 Å². The van der Waals surface area contributed by atoms with Crippen LogP contribution in [0.2, 0.25) is 0 Å². The molecule has 0 unspecified atom stereocenters. The van der Waals surface area contributed by atoms with Crippen molar-refractivity contribution < 1.29 is 71.7 Å². The first-order valence-electron chi connectivity index (χ1n) is 33.0. The number of unbranched alkanes of at least 4 members (excludes halogenated alkanes) is 1. The lowest BCUT2D eigenvalue weighted by Crippen LogP contribution is -2.62. The molecular weight excluding hydrogens is 1330 g/mol. The van der Waals surface area contributed by atoms with Gasteiger partial charge in [0.2, 0.25) is 53.2 Å². The predicted molar refractivity (Wildman–Crippen MR) is 371 cm³/mol. The molecule has 9 rings (SSSR count). The van der Waals surface area contributed by atoms with Crippen LogP contribution in [0, 0.1) is 11.6 Å². The minimum absolute atomic E-state index is 0.0306. The maximum absolute atomic E-state index is 15.2. The third kappa shape index (κ3) is 20.2. The highest BCUT2D eigenvalue weighted by atomic mass is 32.2. The first kappa shape index (κ1) is 74.4. The van der Waals surface area contributed by atoms with Crippen molar-refractivity contribution in [1.29, 1.82) is 0 Å². The molecule has 5 heterocycles. The first-order valence-corrected chi connectivity index (χ1v) is 35.3. The average molecular weight is 1420 g/mol. The molecule has 1 saturated heterocycles. The summed E-state index contributed by atoms with van der Waals surface area (Å²) in [6, 6.07) is 11.4. The van der Waals surface area contributed by atoms with Gasteiger partial charge in [-0.15, -0.1) is 0 Å². The van der Waals surface area contributed by atoms with Gasteiger partial charge in [0.05, 0.1) is 19.9 Å². The van der Waals surface area contributed by atoms with Gasteiger partial charge in [-0.2, -0.15) is 23.5 Å². The molecule has 3 aromatic heterocycles. The predicted octanol–water partition coefficient (Wildman–Crippen LogP) is 4.05. The summed E-state index contributed by atoms with van der Waals surface area (Å²) < 4.78 is 35.3. The number of hydrogen-bond acceptors (Lipinski definition) is 15. The maximum atomic E-state index is 15.2. The van der Waals surface area contributed by atoms with E-state index in [1.807, 2.05) is 18.2 Å². The Morgan fingerprint density at radius 3 is 1.81 bits per heavy atom. The van der Waals surface area contributed by atoms with Crippen LogP contribution in [0.3, 0.4) is 0 Å². The number of ether oxygens (including phenoxy) is 1. The van der Waals surface area contributed by atoms with E-state index in [9.17, 15) is 47.8 Å². The molecule has 0 radical (unpaired) electrons. The molecular formula is C70H83F2N13O13S2. The molecule has 532 valence electrons. The number of aromatic amines is 3. The lowest BCUT2D eigenvalue weighted by atomic mass is 9.95. The second-order valence-corrected chi connectivity index (χ2v) is 27.2. The molecule has 7 aromatic rings. The van der Waals surface area contributed by atoms with Crippen molar-refractivity contribution >= 4 is 104 Å². The van der Waals surface area contributed by atoms with Crippen molar-refractivity contribution in [3.8, 4) is 5.75 Å². The molecule has 0 spiro atoms. The number of aliphatic hydroxyl groups is 1. The van der Waals surface area contributed by atoms with Gasteiger partial charge in [-0.1, -0.05) is 36.4 Å². The Labute approximate surface area is 583 Å². The van der Waals surface area contributed by atoms with E-state index in [4.69, 9.17) is 4.74 Å². The summed E-state index contributed by atoms with van der Waals surface area (Å²) in [6.07, 6.45) is 4.76. The van der Waals surface area contributed by atoms with Gasteiger partial charge in [-0.25, -0.2) is 13.8 Å². The van der Waals surface area contributed by atoms with Crippen molar-refractivity contribution in [3.63, 3.8) is 0 Å². The number of carboxylic acid groups (broad SMARTS) is 1. The Balaban J connectivity index is 1.05. The standard InChI is InChI=1S/C70H83F2N13O13S2/c1-40-62(90)80-55(28-44-34-75-52-17-13-46(71)30-50(44)52)64(92)81-56(29-45-35-76-53-18-14-47(72)31-51(45)53)65(93)83-58(33-61(88)89)67(95)82-57(32-48-36-73-39-77-48)66(94)84-59(27-41-11-15-49(98-3)16-12-41)68(96)85-22-7-20-70(85,2)69(97)74-21-25-100-38-43-9-6-8-42(26-43)37-99-24-19-60(87)79-54(63(91)78-40)10-4-5-23-86/h6,8-9,11-18,26,30-31,34-36,39-40,54-59,75-76,86H,4-5,7,10,19-25,27-29,32-33,37-38H2,1-3H3,(H,73,77)(H,74,97)(H,78,91)(H,79,87)(H,80,90)(H,81,92)(H,82,95)(H,83,93)(H,84,94)(H,88,89)/t40-,54+,55+,56+,57+,58+,59+,70+/m1/s1. The highest BCUT2D eigenvalue weighted by Gasteiger charge is 2.48. The Bertz CT molecular complexity index is 4060. The van der Waals surface area contributed by atoms with Gasteiger partial charge < -0.3 is 77.3 Å². The molecule has 8 atom stereocenters. The van der Waals surface area contributed by atoms with Crippen molar-refractivity contribution in [2.75, 3.05) is 38.3 Å². The van der Waals surface area contributed by atoms with Gasteiger partial charge in [0.15, 0.2) is 0 Å². The number of nitrogens with zero attached hydrogens (tertiary/aromatic N) is 2. The number of imidazole rings is 1. The molecule has 2 aliphatic rings. The minimum Gasteiger partial charge on any atom is -0.497 e. The second-order valence-electron chi connectivity index (χ2n) is 25.0. The van der Waals surface area contributed by atoms with Crippen molar-refractivity contribution in [2.24, 2.45) is 0 Å². The number of amides is 9. The number of aromatic nitrogens is 4. The largest absolute Gasteiger partial charge is 0.497 e. The zero-order chi connectivity index (χ0) is 71.5. The third-order valence-corrected chi connectivity index (χ3v) is 19.7. The quantitative estimate of drug-likeness (QED) is 0.0644. The molecule has 2 bridgehead atoms. The number of hydrogen-bond donors (Lipinski definition) is 13. The topological polar surface area (TPSA) is 380 Å². The summed E-state index contributed by atoms with van der Waals surface area (Å²) in [5.41, 5.74) is 3.02. The lowest BCUT2D eigenvalue weighted by Gasteiger charge is -2.36. The van der Waals surface area contributed by atoms with Crippen LogP contribution in [0.4, 0.5) is 8.78 Å². The van der Waals surface area contributed by atoms with E-state index in [0.29, 0.717) is 87.7 Å². The number of carbonyl (C=O) groups excluding carboxylic acids is 9. The molecule has 100 heavy (non-hydrogen) atoms. The molecule has 0 aliphatic carbocycles. The second kappa shape index (κ2) is 35.3. The van der Waals surface area contributed by atoms with Gasteiger partial charge in [0.25, 0.3) is 0 Å². The number of aliphatic carboxylic acids is 1. The fraction of sp³-hybridized carbons (Fsp3) is 0.414. The number of methoxy groups -OCH3 is 1. The van der Waals surface area contributed by atoms with Crippen LogP contribution in [0.15, 0.2) is 110 Å². The van der Waals surface area contributed by atoms with E-state index in [-0.39, 0.29) is 62.8 Å². The van der Waals surface area contributed by atoms with Crippen LogP contribution in [-0.2, 0) is 85.1 Å². The van der Waals surface area contributed by atoms with Crippen LogP contribution in [-0.4, -0.2) is 180 Å². The molecule has 9 amide bonds. The summed E-state index contributed by atoms with van der Waals surface area (Å²) in [6.45, 7) is 3.23. The monoisotopic (exact) mass is 1420 g/mol. The number of H-pyrrole nitrogens is 3. The first-order chi connectivity index (χ1) is 48.1. The van der Waals surface area contributed by atoms with Crippen LogP contribution in [0.25, 0.3) is 21.8 Å². The highest BCUT2D eigenvalue weighted by Crippen LogP contribution is 2.31. The number of benzene rings is 4. The smallest absolute Gasteiger partial charge is 0.305 e. The number of rotatable bonds is 15. The van der Waals surface area contributed by atoms with E-state index >= 15 is 19.2 Å². The number of aliphatic hydroxyl groups excluding tert-OH is 1. The normalized spacial score (nSPS) is 22.8. The molecule has 26 nitrogen and oxygen atoms in total. The summed E-state index contributed by atoms with van der Waals surface area (Å²) >= 11 is 3.10. The van der Waals surface area contributed by atoms with E-state index in [1.165, 1.54) is 92.0 Å². The zero-order valence-corrected chi connectivity index (χ0v) is 57.1. The summed E-state index contributed by atoms with van der Waals surface area (Å²) in [4.78, 5) is 159. The average Bonchev–Trinajstić information content (AvgIpc) is 1.62. The number of thioether (sulfide) groups is 2. The van der Waals surface area contributed by atoms with E-state index in [0.717, 1.165) is 11.1 Å². The van der Waals surface area contributed by atoms with Gasteiger partial charge in [-0.05, 0) is 122 Å². The maximum Gasteiger partial charge on any atom is 0.305 e.